The van der Waals surface area contributed by atoms with E-state index < -0.39 is 11.7 Å². The van der Waals surface area contributed by atoms with Crippen molar-refractivity contribution in [2.24, 2.45) is 0 Å². The first kappa shape index (κ1) is 16.1. The first-order chi connectivity index (χ1) is 9.68. The number of ether oxygens (including phenoxy) is 1. The van der Waals surface area contributed by atoms with Gasteiger partial charge in [0.25, 0.3) is 0 Å². The molecule has 112 valence electrons. The van der Waals surface area contributed by atoms with Gasteiger partial charge in [-0.15, -0.1) is 0 Å². The van der Waals surface area contributed by atoms with E-state index in [4.69, 9.17) is 45.3 Å². The van der Waals surface area contributed by atoms with Crippen LogP contribution in [-0.2, 0) is 6.18 Å². The Kier molecular flexibility index (Phi) is 4.46. The largest absolute Gasteiger partial charge is 0.454 e. The summed E-state index contributed by atoms with van der Waals surface area (Å²) in [5.41, 5.74) is 4.51. The van der Waals surface area contributed by atoms with E-state index >= 15 is 0 Å². The van der Waals surface area contributed by atoms with Crippen LogP contribution in [0, 0.1) is 0 Å². The van der Waals surface area contributed by atoms with Gasteiger partial charge in [0, 0.05) is 6.07 Å². The molecule has 2 aromatic rings. The van der Waals surface area contributed by atoms with Crippen molar-refractivity contribution < 1.29 is 17.9 Å². The third-order valence-electron chi connectivity index (χ3n) is 2.53. The van der Waals surface area contributed by atoms with Crippen LogP contribution in [0.4, 0.5) is 18.9 Å². The van der Waals surface area contributed by atoms with Crippen molar-refractivity contribution in [3.8, 4) is 11.5 Å². The Morgan fingerprint density at radius 2 is 1.48 bits per heavy atom. The molecule has 0 radical (unpaired) electrons. The lowest BCUT2D eigenvalue weighted by atomic mass is 10.2. The second-order valence-electron chi connectivity index (χ2n) is 4.05. The van der Waals surface area contributed by atoms with Gasteiger partial charge in [0.05, 0.1) is 26.3 Å². The van der Waals surface area contributed by atoms with Crippen LogP contribution < -0.4 is 10.5 Å². The highest BCUT2D eigenvalue weighted by Gasteiger charge is 2.31. The van der Waals surface area contributed by atoms with Crippen molar-refractivity contribution in [1.29, 1.82) is 0 Å². The summed E-state index contributed by atoms with van der Waals surface area (Å²) in [4.78, 5) is 0. The molecule has 0 aliphatic rings. The molecule has 0 unspecified atom stereocenters. The monoisotopic (exact) mass is 355 g/mol. The van der Waals surface area contributed by atoms with Crippen molar-refractivity contribution >= 4 is 40.5 Å². The number of alkyl halides is 3. The van der Waals surface area contributed by atoms with Crippen LogP contribution in [0.5, 0.6) is 11.5 Å². The van der Waals surface area contributed by atoms with Crippen molar-refractivity contribution in [3.05, 3.63) is 51.0 Å². The summed E-state index contributed by atoms with van der Waals surface area (Å²) in [6, 6.07) is 5.46. The Morgan fingerprint density at radius 1 is 0.857 bits per heavy atom. The quantitative estimate of drug-likeness (QED) is 0.526. The SMILES string of the molecule is Nc1cc(C(F)(F)F)ccc1Oc1cc(Cl)c(Cl)cc1Cl. The fourth-order valence-corrected chi connectivity index (χ4v) is 2.09. The molecule has 0 saturated carbocycles. The summed E-state index contributed by atoms with van der Waals surface area (Å²) in [5, 5.41) is 0.583. The van der Waals surface area contributed by atoms with E-state index in [-0.39, 0.29) is 32.3 Å². The highest BCUT2D eigenvalue weighted by Crippen LogP contribution is 2.39. The first-order valence-electron chi connectivity index (χ1n) is 5.47. The summed E-state index contributed by atoms with van der Waals surface area (Å²) in [5.74, 6) is 0.167. The number of nitrogens with two attached hydrogens (primary N) is 1. The summed E-state index contributed by atoms with van der Waals surface area (Å²) < 4.78 is 43.0. The van der Waals surface area contributed by atoms with Gasteiger partial charge in [0.1, 0.15) is 11.5 Å². The smallest absolute Gasteiger partial charge is 0.416 e. The average Bonchev–Trinajstić information content (AvgIpc) is 2.36. The third-order valence-corrected chi connectivity index (χ3v) is 3.55. The van der Waals surface area contributed by atoms with Gasteiger partial charge < -0.3 is 10.5 Å². The Balaban J connectivity index is 2.35. The van der Waals surface area contributed by atoms with Crippen molar-refractivity contribution in [1.82, 2.24) is 0 Å². The number of anilines is 1. The molecule has 0 saturated heterocycles. The van der Waals surface area contributed by atoms with Crippen LogP contribution in [-0.4, -0.2) is 0 Å². The molecule has 21 heavy (non-hydrogen) atoms. The van der Waals surface area contributed by atoms with Crippen molar-refractivity contribution in [3.63, 3.8) is 0 Å². The van der Waals surface area contributed by atoms with Gasteiger partial charge in [-0.1, -0.05) is 34.8 Å². The van der Waals surface area contributed by atoms with Gasteiger partial charge in [0.15, 0.2) is 0 Å². The zero-order chi connectivity index (χ0) is 15.8. The van der Waals surface area contributed by atoms with Gasteiger partial charge in [-0.3, -0.25) is 0 Å². The number of nitrogen functional groups attached to an aromatic ring is 1. The molecule has 2 aromatic carbocycles. The van der Waals surface area contributed by atoms with E-state index in [0.29, 0.717) is 0 Å². The Morgan fingerprint density at radius 3 is 2.05 bits per heavy atom. The van der Waals surface area contributed by atoms with Gasteiger partial charge in [0.2, 0.25) is 0 Å². The van der Waals surface area contributed by atoms with Crippen molar-refractivity contribution in [2.75, 3.05) is 5.73 Å². The first-order valence-corrected chi connectivity index (χ1v) is 6.61. The van der Waals surface area contributed by atoms with Gasteiger partial charge in [-0.25, -0.2) is 0 Å². The van der Waals surface area contributed by atoms with Crippen LogP contribution >= 0.6 is 34.8 Å². The topological polar surface area (TPSA) is 35.2 Å². The minimum atomic E-state index is -4.48. The van der Waals surface area contributed by atoms with E-state index in [2.05, 4.69) is 0 Å². The number of hydrogen-bond donors (Lipinski definition) is 1. The predicted molar refractivity (Wildman–Crippen MR) is 77.4 cm³/mol. The van der Waals surface area contributed by atoms with Crippen LogP contribution in [0.2, 0.25) is 15.1 Å². The Labute approximate surface area is 133 Å². The van der Waals surface area contributed by atoms with E-state index in [9.17, 15) is 13.2 Å². The Bertz CT molecular complexity index is 689. The molecular weight excluding hydrogens is 350 g/mol. The lowest BCUT2D eigenvalue weighted by molar-refractivity contribution is -0.137. The normalized spacial score (nSPS) is 11.5. The molecule has 2 nitrogen and oxygen atoms in total. The highest BCUT2D eigenvalue weighted by molar-refractivity contribution is 6.43. The minimum Gasteiger partial charge on any atom is -0.454 e. The molecule has 0 atom stereocenters. The maximum Gasteiger partial charge on any atom is 0.416 e. The molecule has 0 heterocycles. The second kappa shape index (κ2) is 5.83. The zero-order valence-electron chi connectivity index (χ0n) is 10.1. The van der Waals surface area contributed by atoms with Crippen LogP contribution in [0.15, 0.2) is 30.3 Å². The van der Waals surface area contributed by atoms with Crippen LogP contribution in [0.25, 0.3) is 0 Å². The number of halogens is 6. The van der Waals surface area contributed by atoms with Crippen LogP contribution in [0.1, 0.15) is 5.56 Å². The molecule has 0 bridgehead atoms. The lowest BCUT2D eigenvalue weighted by Gasteiger charge is -2.13. The fraction of sp³-hybridized carbons (Fsp3) is 0.0769. The van der Waals surface area contributed by atoms with Crippen molar-refractivity contribution in [2.45, 2.75) is 6.18 Å². The fourth-order valence-electron chi connectivity index (χ4n) is 1.52. The number of hydrogen-bond acceptors (Lipinski definition) is 2. The van der Waals surface area contributed by atoms with Crippen LogP contribution in [0.3, 0.4) is 0 Å². The predicted octanol–water partition coefficient (Wildman–Crippen LogP) is 6.04. The molecule has 8 heteroatoms. The lowest BCUT2D eigenvalue weighted by Crippen LogP contribution is -2.06. The maximum atomic E-state index is 12.5. The molecule has 2 rings (SSSR count). The molecule has 0 spiro atoms. The second-order valence-corrected chi connectivity index (χ2v) is 5.27. The van der Waals surface area contributed by atoms with Gasteiger partial charge in [-0.05, 0) is 24.3 Å². The molecular formula is C13H7Cl3F3NO. The van der Waals surface area contributed by atoms with E-state index in [1.54, 1.807) is 0 Å². The third kappa shape index (κ3) is 3.67. The Hall–Kier alpha value is -1.30. The number of benzene rings is 2. The summed E-state index contributed by atoms with van der Waals surface area (Å²) in [6.45, 7) is 0. The summed E-state index contributed by atoms with van der Waals surface area (Å²) in [6.07, 6.45) is -4.48. The summed E-state index contributed by atoms with van der Waals surface area (Å²) in [7, 11) is 0. The average molecular weight is 357 g/mol. The molecule has 0 amide bonds. The number of rotatable bonds is 2. The minimum absolute atomic E-state index is 0.0308. The highest BCUT2D eigenvalue weighted by atomic mass is 35.5. The molecule has 2 N–H and O–H groups in total. The molecule has 0 aliphatic carbocycles. The molecule has 0 aromatic heterocycles. The zero-order valence-corrected chi connectivity index (χ0v) is 12.4. The standard InChI is InChI=1S/C13H7Cl3F3NO/c14-7-4-9(16)12(5-8(7)15)21-11-2-1-6(3-10(11)20)13(17,18)19/h1-5H,20H2. The summed E-state index contributed by atoms with van der Waals surface area (Å²) >= 11 is 17.5. The van der Waals surface area contributed by atoms with E-state index in [1.807, 2.05) is 0 Å². The van der Waals surface area contributed by atoms with E-state index in [1.165, 1.54) is 12.1 Å². The van der Waals surface area contributed by atoms with Gasteiger partial charge >= 0.3 is 6.18 Å². The molecule has 0 fully saturated rings. The van der Waals surface area contributed by atoms with E-state index in [0.717, 1.165) is 18.2 Å². The molecule has 0 aliphatic heterocycles. The maximum absolute atomic E-state index is 12.5. The van der Waals surface area contributed by atoms with Gasteiger partial charge in [-0.2, -0.15) is 13.2 Å².